The van der Waals surface area contributed by atoms with Gasteiger partial charge < -0.3 is 5.32 Å². The molecule has 1 N–H and O–H groups in total. The quantitative estimate of drug-likeness (QED) is 0.710. The van der Waals surface area contributed by atoms with Crippen molar-refractivity contribution in [2.75, 3.05) is 13.1 Å². The molecule has 4 rings (SSSR count). The van der Waals surface area contributed by atoms with E-state index in [-0.39, 0.29) is 0 Å². The fourth-order valence-corrected chi connectivity index (χ4v) is 4.06. The van der Waals surface area contributed by atoms with Crippen LogP contribution < -0.4 is 5.32 Å². The van der Waals surface area contributed by atoms with E-state index in [0.29, 0.717) is 5.92 Å². The van der Waals surface area contributed by atoms with Gasteiger partial charge in [0.05, 0.1) is 10.7 Å². The van der Waals surface area contributed by atoms with Crippen LogP contribution in [0.1, 0.15) is 27.8 Å². The fourth-order valence-electron chi connectivity index (χ4n) is 2.82. The number of fused-ring (bicyclic) bond motifs is 3. The molecule has 2 aromatic rings. The van der Waals surface area contributed by atoms with E-state index in [1.807, 2.05) is 11.3 Å². The van der Waals surface area contributed by atoms with Crippen LogP contribution >= 0.6 is 11.3 Å². The van der Waals surface area contributed by atoms with Gasteiger partial charge in [0.1, 0.15) is 0 Å². The number of rotatable bonds is 1. The van der Waals surface area contributed by atoms with Gasteiger partial charge in [0.2, 0.25) is 0 Å². The number of benzene rings is 1. The maximum absolute atomic E-state index is 4.89. The zero-order valence-corrected chi connectivity index (χ0v) is 10.4. The van der Waals surface area contributed by atoms with Crippen molar-refractivity contribution in [1.29, 1.82) is 0 Å². The smallest absolute Gasteiger partial charge is 0.0979 e. The highest BCUT2D eigenvalue weighted by molar-refractivity contribution is 7.12. The molecule has 1 fully saturated rings. The molecule has 3 heteroatoms. The first-order chi connectivity index (χ1) is 8.42. The molecule has 1 aromatic carbocycles. The van der Waals surface area contributed by atoms with Gasteiger partial charge in [-0.05, 0) is 18.5 Å². The molecule has 0 saturated carbocycles. The van der Waals surface area contributed by atoms with Crippen molar-refractivity contribution >= 4 is 11.3 Å². The van der Waals surface area contributed by atoms with E-state index < -0.39 is 0 Å². The zero-order chi connectivity index (χ0) is 11.2. The number of nitrogens with zero attached hydrogens (tertiary/aromatic N) is 1. The van der Waals surface area contributed by atoms with E-state index in [9.17, 15) is 0 Å². The number of hydrogen-bond donors (Lipinski definition) is 1. The van der Waals surface area contributed by atoms with E-state index in [1.54, 1.807) is 0 Å². The predicted octanol–water partition coefficient (Wildman–Crippen LogP) is 2.79. The lowest BCUT2D eigenvalue weighted by molar-refractivity contribution is 0.756. The summed E-state index contributed by atoms with van der Waals surface area (Å²) in [5.74, 6) is 0.651. The Balaban J connectivity index is 1.77. The molecule has 0 spiro atoms. The van der Waals surface area contributed by atoms with Gasteiger partial charge in [-0.15, -0.1) is 11.3 Å². The third-order valence-corrected chi connectivity index (χ3v) is 4.96. The predicted molar refractivity (Wildman–Crippen MR) is 70.6 cm³/mol. The maximum Gasteiger partial charge on any atom is 0.0979 e. The molecule has 17 heavy (non-hydrogen) atoms. The summed E-state index contributed by atoms with van der Waals surface area (Å²) in [6.45, 7) is 2.25. The second kappa shape index (κ2) is 3.65. The molecule has 1 aromatic heterocycles. The van der Waals surface area contributed by atoms with Gasteiger partial charge in [-0.3, -0.25) is 0 Å². The Labute approximate surface area is 105 Å². The van der Waals surface area contributed by atoms with Crippen molar-refractivity contribution in [3.05, 3.63) is 39.7 Å². The molecular weight excluding hydrogens is 228 g/mol. The fraction of sp³-hybridized carbons (Fsp3) is 0.357. The highest BCUT2D eigenvalue weighted by Crippen LogP contribution is 2.41. The Morgan fingerprint density at radius 3 is 3.12 bits per heavy atom. The number of hydrogen-bond acceptors (Lipinski definition) is 3. The van der Waals surface area contributed by atoms with Crippen LogP contribution in [0.5, 0.6) is 0 Å². The lowest BCUT2D eigenvalue weighted by atomic mass is 10.1. The van der Waals surface area contributed by atoms with Gasteiger partial charge in [0.15, 0.2) is 0 Å². The van der Waals surface area contributed by atoms with E-state index in [1.165, 1.54) is 33.1 Å². The highest BCUT2D eigenvalue weighted by Gasteiger charge is 2.26. The summed E-state index contributed by atoms with van der Waals surface area (Å²) in [6, 6.07) is 8.67. The minimum atomic E-state index is 0.651. The highest BCUT2D eigenvalue weighted by atomic mass is 32.1. The van der Waals surface area contributed by atoms with Crippen molar-refractivity contribution in [2.45, 2.75) is 18.8 Å². The molecule has 1 saturated heterocycles. The van der Waals surface area contributed by atoms with E-state index in [0.717, 1.165) is 19.5 Å². The summed E-state index contributed by atoms with van der Waals surface area (Å²) >= 11 is 1.92. The molecule has 2 aliphatic rings. The lowest BCUT2D eigenvalue weighted by Gasteiger charge is -2.03. The summed E-state index contributed by atoms with van der Waals surface area (Å²) in [5.41, 5.74) is 4.06. The third kappa shape index (κ3) is 1.46. The maximum atomic E-state index is 4.89. The van der Waals surface area contributed by atoms with Crippen molar-refractivity contribution in [3.63, 3.8) is 0 Å². The molecule has 1 aliphatic carbocycles. The summed E-state index contributed by atoms with van der Waals surface area (Å²) in [4.78, 5) is 6.36. The Bertz CT molecular complexity index is 567. The minimum absolute atomic E-state index is 0.651. The molecule has 1 atom stereocenters. The molecule has 0 bridgehead atoms. The average molecular weight is 242 g/mol. The first-order valence-corrected chi connectivity index (χ1v) is 7.02. The van der Waals surface area contributed by atoms with Crippen molar-refractivity contribution < 1.29 is 0 Å². The van der Waals surface area contributed by atoms with Crippen LogP contribution in [0.4, 0.5) is 0 Å². The lowest BCUT2D eigenvalue weighted by Crippen LogP contribution is -2.07. The molecule has 2 nitrogen and oxygen atoms in total. The molecular formula is C14H14N2S. The Kier molecular flexibility index (Phi) is 2.11. The summed E-state index contributed by atoms with van der Waals surface area (Å²) < 4.78 is 0. The summed E-state index contributed by atoms with van der Waals surface area (Å²) in [7, 11) is 0. The van der Waals surface area contributed by atoms with Crippen LogP contribution in [0.25, 0.3) is 11.3 Å². The number of aromatic nitrogens is 1. The minimum Gasteiger partial charge on any atom is -0.316 e. The Hall–Kier alpha value is -1.19. The summed E-state index contributed by atoms with van der Waals surface area (Å²) in [5, 5.41) is 4.76. The third-order valence-electron chi connectivity index (χ3n) is 3.75. The molecule has 0 unspecified atom stereocenters. The normalized spacial score (nSPS) is 21.5. The van der Waals surface area contributed by atoms with Crippen LogP contribution in [-0.2, 0) is 6.42 Å². The number of nitrogens with one attached hydrogen (secondary N) is 1. The molecule has 86 valence electrons. The SMILES string of the molecule is c1ccc2c(c1)Cc1sc([C@@H]3CCNC3)nc1-2. The first kappa shape index (κ1) is 9.80. The van der Waals surface area contributed by atoms with Gasteiger partial charge in [-0.1, -0.05) is 24.3 Å². The molecule has 1 aliphatic heterocycles. The molecule has 0 radical (unpaired) electrons. The monoisotopic (exact) mass is 242 g/mol. The van der Waals surface area contributed by atoms with E-state index >= 15 is 0 Å². The van der Waals surface area contributed by atoms with Crippen LogP contribution in [0.15, 0.2) is 24.3 Å². The zero-order valence-electron chi connectivity index (χ0n) is 9.57. The van der Waals surface area contributed by atoms with Crippen LogP contribution in [-0.4, -0.2) is 18.1 Å². The summed E-state index contributed by atoms with van der Waals surface area (Å²) in [6.07, 6.45) is 2.33. The number of thiazole rings is 1. The average Bonchev–Trinajstić information content (AvgIpc) is 3.03. The topological polar surface area (TPSA) is 24.9 Å². The molecule has 2 heterocycles. The van der Waals surface area contributed by atoms with Gasteiger partial charge in [-0.2, -0.15) is 0 Å². The molecule has 0 amide bonds. The van der Waals surface area contributed by atoms with Crippen molar-refractivity contribution in [3.8, 4) is 11.3 Å². The largest absolute Gasteiger partial charge is 0.316 e. The Morgan fingerprint density at radius 2 is 2.24 bits per heavy atom. The Morgan fingerprint density at radius 1 is 1.29 bits per heavy atom. The van der Waals surface area contributed by atoms with Crippen molar-refractivity contribution in [2.24, 2.45) is 0 Å². The van der Waals surface area contributed by atoms with Gasteiger partial charge in [0, 0.05) is 29.3 Å². The second-order valence-corrected chi connectivity index (χ2v) is 5.96. The van der Waals surface area contributed by atoms with Crippen LogP contribution in [0, 0.1) is 0 Å². The first-order valence-electron chi connectivity index (χ1n) is 6.20. The van der Waals surface area contributed by atoms with E-state index in [4.69, 9.17) is 4.98 Å². The van der Waals surface area contributed by atoms with Crippen LogP contribution in [0.3, 0.4) is 0 Å². The van der Waals surface area contributed by atoms with Crippen LogP contribution in [0.2, 0.25) is 0 Å². The van der Waals surface area contributed by atoms with Gasteiger partial charge >= 0.3 is 0 Å². The van der Waals surface area contributed by atoms with Gasteiger partial charge in [-0.25, -0.2) is 4.98 Å². The van der Waals surface area contributed by atoms with Gasteiger partial charge in [0.25, 0.3) is 0 Å². The standard InChI is InChI=1S/C14H14N2S/c1-2-4-11-9(3-1)7-12-13(11)16-14(17-12)10-5-6-15-8-10/h1-4,10,15H,5-8H2/t10-/m1/s1. The van der Waals surface area contributed by atoms with E-state index in [2.05, 4.69) is 29.6 Å². The second-order valence-electron chi connectivity index (χ2n) is 4.85. The van der Waals surface area contributed by atoms with Crippen molar-refractivity contribution in [1.82, 2.24) is 10.3 Å².